The van der Waals surface area contributed by atoms with Crippen LogP contribution in [0.25, 0.3) is 0 Å². The summed E-state index contributed by atoms with van der Waals surface area (Å²) in [4.78, 5) is 1.65. The first-order valence-corrected chi connectivity index (χ1v) is 7.42. The minimum Gasteiger partial charge on any atom is -0.489 e. The Bertz CT molecular complexity index is 679. The topological polar surface area (TPSA) is 62.3 Å². The molecule has 0 aliphatic carbocycles. The van der Waals surface area contributed by atoms with Gasteiger partial charge in [-0.1, -0.05) is 47.5 Å². The van der Waals surface area contributed by atoms with Crippen molar-refractivity contribution in [2.45, 2.75) is 13.2 Å². The summed E-state index contributed by atoms with van der Waals surface area (Å²) in [5.41, 5.74) is 7.28. The molecule has 0 bridgehead atoms. The smallest absolute Gasteiger partial charge is 0.188 e. The van der Waals surface area contributed by atoms with Crippen molar-refractivity contribution in [1.29, 1.82) is 5.41 Å². The highest BCUT2D eigenvalue weighted by Crippen LogP contribution is 2.26. The van der Waals surface area contributed by atoms with Crippen LogP contribution in [0.2, 0.25) is 10.0 Å². The summed E-state index contributed by atoms with van der Waals surface area (Å²) >= 11 is 12.1. The van der Waals surface area contributed by atoms with Gasteiger partial charge in [0.25, 0.3) is 0 Å². The van der Waals surface area contributed by atoms with Crippen LogP contribution in [-0.2, 0) is 13.2 Å². The molecule has 2 rings (SSSR count). The Balaban J connectivity index is 0.00000264. The van der Waals surface area contributed by atoms with Crippen molar-refractivity contribution >= 4 is 41.6 Å². The van der Waals surface area contributed by atoms with E-state index in [0.717, 1.165) is 16.9 Å². The second kappa shape index (κ2) is 8.87. The standard InChI is InChI=1S/C16H17Cl2N3O.ClH/c1-21(16(19)20)9-11-4-2-6-13(8-11)22-10-12-5-3-7-14(17)15(12)18;/h2-8H,9-10H2,1H3,(H3,19,20);1H. The van der Waals surface area contributed by atoms with Crippen LogP contribution >= 0.6 is 35.6 Å². The maximum Gasteiger partial charge on any atom is 0.188 e. The monoisotopic (exact) mass is 373 g/mol. The predicted octanol–water partition coefficient (Wildman–Crippen LogP) is 4.32. The lowest BCUT2D eigenvalue weighted by atomic mass is 10.2. The van der Waals surface area contributed by atoms with Gasteiger partial charge in [-0.3, -0.25) is 5.41 Å². The third-order valence-corrected chi connectivity index (χ3v) is 4.01. The number of guanidine groups is 1. The van der Waals surface area contributed by atoms with Gasteiger partial charge in [0, 0.05) is 19.2 Å². The zero-order valence-electron chi connectivity index (χ0n) is 12.6. The van der Waals surface area contributed by atoms with Gasteiger partial charge in [-0.15, -0.1) is 12.4 Å². The number of rotatable bonds is 5. The molecule has 0 spiro atoms. The minimum atomic E-state index is 0. The molecule has 0 aliphatic rings. The van der Waals surface area contributed by atoms with Crippen molar-refractivity contribution in [2.24, 2.45) is 5.73 Å². The number of hydrogen-bond donors (Lipinski definition) is 2. The first kappa shape index (κ1) is 19.4. The molecule has 2 aromatic rings. The third kappa shape index (κ3) is 5.50. The average molecular weight is 375 g/mol. The molecule has 2 aromatic carbocycles. The van der Waals surface area contributed by atoms with E-state index >= 15 is 0 Å². The van der Waals surface area contributed by atoms with Crippen molar-refractivity contribution in [3.05, 3.63) is 63.6 Å². The molecule has 0 saturated carbocycles. The Hall–Kier alpha value is -1.62. The molecule has 0 saturated heterocycles. The summed E-state index contributed by atoms with van der Waals surface area (Å²) in [7, 11) is 1.77. The number of halogens is 3. The largest absolute Gasteiger partial charge is 0.489 e. The second-order valence-electron chi connectivity index (χ2n) is 4.89. The molecule has 0 aliphatic heterocycles. The molecule has 0 amide bonds. The van der Waals surface area contributed by atoms with Crippen LogP contribution in [0.1, 0.15) is 11.1 Å². The summed E-state index contributed by atoms with van der Waals surface area (Å²) in [5.74, 6) is 0.752. The van der Waals surface area contributed by atoms with Gasteiger partial charge in [-0.05, 0) is 23.8 Å². The number of nitrogens with two attached hydrogens (primary N) is 1. The highest BCUT2D eigenvalue weighted by atomic mass is 35.5. The molecule has 7 heteroatoms. The summed E-state index contributed by atoms with van der Waals surface area (Å²) in [6, 6.07) is 13.1. The van der Waals surface area contributed by atoms with Crippen LogP contribution in [0, 0.1) is 5.41 Å². The van der Waals surface area contributed by atoms with E-state index < -0.39 is 0 Å². The molecular formula is C16H18Cl3N3O. The highest BCUT2D eigenvalue weighted by Gasteiger charge is 2.06. The van der Waals surface area contributed by atoms with Crippen molar-refractivity contribution in [3.63, 3.8) is 0 Å². The fourth-order valence-corrected chi connectivity index (χ4v) is 2.29. The quantitative estimate of drug-likeness (QED) is 0.605. The minimum absolute atomic E-state index is 0. The normalized spacial score (nSPS) is 9.87. The SMILES string of the molecule is CN(Cc1cccc(OCc2cccc(Cl)c2Cl)c1)C(=N)N.Cl. The second-order valence-corrected chi connectivity index (χ2v) is 5.68. The van der Waals surface area contributed by atoms with Gasteiger partial charge in [-0.2, -0.15) is 0 Å². The van der Waals surface area contributed by atoms with Crippen LogP contribution < -0.4 is 10.5 Å². The van der Waals surface area contributed by atoms with Crippen LogP contribution in [0.15, 0.2) is 42.5 Å². The Morgan fingerprint density at radius 3 is 2.61 bits per heavy atom. The number of nitrogens with one attached hydrogen (secondary N) is 1. The van der Waals surface area contributed by atoms with E-state index in [2.05, 4.69) is 0 Å². The lowest BCUT2D eigenvalue weighted by molar-refractivity contribution is 0.305. The van der Waals surface area contributed by atoms with Gasteiger partial charge in [0.05, 0.1) is 10.0 Å². The Labute approximate surface area is 152 Å². The van der Waals surface area contributed by atoms with Gasteiger partial charge in [0.1, 0.15) is 12.4 Å². The molecule has 124 valence electrons. The zero-order valence-corrected chi connectivity index (χ0v) is 14.9. The summed E-state index contributed by atoms with van der Waals surface area (Å²) < 4.78 is 5.76. The number of hydrogen-bond acceptors (Lipinski definition) is 2. The van der Waals surface area contributed by atoms with Crippen LogP contribution in [0.4, 0.5) is 0 Å². The molecule has 0 fully saturated rings. The van der Waals surface area contributed by atoms with Crippen molar-refractivity contribution in [1.82, 2.24) is 4.90 Å². The van der Waals surface area contributed by atoms with E-state index in [1.165, 1.54) is 0 Å². The van der Waals surface area contributed by atoms with Crippen LogP contribution in [0.5, 0.6) is 5.75 Å². The lowest BCUT2D eigenvalue weighted by Crippen LogP contribution is -2.32. The van der Waals surface area contributed by atoms with Crippen molar-refractivity contribution in [2.75, 3.05) is 7.05 Å². The van der Waals surface area contributed by atoms with Crippen molar-refractivity contribution in [3.8, 4) is 5.75 Å². The Morgan fingerprint density at radius 1 is 1.22 bits per heavy atom. The van der Waals surface area contributed by atoms with Gasteiger partial charge in [0.15, 0.2) is 5.96 Å². The molecule has 0 heterocycles. The van der Waals surface area contributed by atoms with E-state index in [1.54, 1.807) is 18.0 Å². The van der Waals surface area contributed by atoms with Crippen molar-refractivity contribution < 1.29 is 4.74 Å². The summed E-state index contributed by atoms with van der Waals surface area (Å²) in [5, 5.41) is 8.41. The summed E-state index contributed by atoms with van der Waals surface area (Å²) in [6.07, 6.45) is 0. The molecule has 0 aromatic heterocycles. The van der Waals surface area contributed by atoms with Crippen LogP contribution in [0.3, 0.4) is 0 Å². The molecule has 0 atom stereocenters. The Morgan fingerprint density at radius 2 is 1.91 bits per heavy atom. The molecule has 23 heavy (non-hydrogen) atoms. The molecule has 0 radical (unpaired) electrons. The Kier molecular flexibility index (Phi) is 7.49. The first-order chi connectivity index (χ1) is 10.5. The predicted molar refractivity (Wildman–Crippen MR) is 97.9 cm³/mol. The zero-order chi connectivity index (χ0) is 16.1. The van der Waals surface area contributed by atoms with Gasteiger partial charge in [-0.25, -0.2) is 0 Å². The van der Waals surface area contributed by atoms with E-state index in [4.69, 9.17) is 39.1 Å². The number of benzene rings is 2. The fraction of sp³-hybridized carbons (Fsp3) is 0.188. The lowest BCUT2D eigenvalue weighted by Gasteiger charge is -2.17. The fourth-order valence-electron chi connectivity index (χ4n) is 1.91. The number of nitrogens with zero attached hydrogens (tertiary/aromatic N) is 1. The maximum absolute atomic E-state index is 7.39. The van der Waals surface area contributed by atoms with E-state index in [1.807, 2.05) is 36.4 Å². The average Bonchev–Trinajstić information content (AvgIpc) is 2.49. The van der Waals surface area contributed by atoms with E-state index in [9.17, 15) is 0 Å². The molecular weight excluding hydrogens is 357 g/mol. The molecule has 4 nitrogen and oxygen atoms in total. The summed E-state index contributed by atoms with van der Waals surface area (Å²) in [6.45, 7) is 0.885. The third-order valence-electron chi connectivity index (χ3n) is 3.16. The van der Waals surface area contributed by atoms with Gasteiger partial charge >= 0.3 is 0 Å². The van der Waals surface area contributed by atoms with Gasteiger partial charge < -0.3 is 15.4 Å². The number of ether oxygens (including phenoxy) is 1. The van der Waals surface area contributed by atoms with Crippen LogP contribution in [-0.4, -0.2) is 17.9 Å². The molecule has 3 N–H and O–H groups in total. The first-order valence-electron chi connectivity index (χ1n) is 6.67. The highest BCUT2D eigenvalue weighted by molar-refractivity contribution is 6.42. The molecule has 0 unspecified atom stereocenters. The van der Waals surface area contributed by atoms with Gasteiger partial charge in [0.2, 0.25) is 0 Å². The van der Waals surface area contributed by atoms with E-state index in [-0.39, 0.29) is 18.4 Å². The van der Waals surface area contributed by atoms with E-state index in [0.29, 0.717) is 23.2 Å². The maximum atomic E-state index is 7.39.